The Hall–Kier alpha value is -4.74. The fourth-order valence-electron chi connectivity index (χ4n) is 5.78. The van der Waals surface area contributed by atoms with E-state index in [2.05, 4.69) is 31.1 Å². The molecule has 1 fully saturated rings. The van der Waals surface area contributed by atoms with E-state index in [4.69, 9.17) is 4.74 Å². The minimum absolute atomic E-state index is 0.138. The standard InChI is InChI=1S/C33H41N7O5/c1-21-10-12-26-17-25(21)19-34-31(42)27(13-11-23-7-4-3-5-8-23)36-32(43)28(37-33(44)30-35-22(2)38-39-30)18-29(41)40-15-6-9-24(20-40)14-16-45-26/h3-5,7-8,10,12,17,24,27-28H,6,9,11,13-16,18-20H2,1-2H3,(H,34,42)(H,36,43)(H,37,44)(H,35,38,39)/t24?,27-,28-/m0/s1. The molecule has 3 atom stereocenters. The number of benzene rings is 2. The normalized spacial score (nSPS) is 21.5. The van der Waals surface area contributed by atoms with Crippen molar-refractivity contribution in [1.82, 2.24) is 36.0 Å². The topological polar surface area (TPSA) is 158 Å². The van der Waals surface area contributed by atoms with Gasteiger partial charge in [-0.1, -0.05) is 36.4 Å². The van der Waals surface area contributed by atoms with Crippen molar-refractivity contribution in [1.29, 1.82) is 0 Å². The van der Waals surface area contributed by atoms with E-state index in [1.807, 2.05) is 55.5 Å². The summed E-state index contributed by atoms with van der Waals surface area (Å²) in [5.74, 6) is -0.654. The van der Waals surface area contributed by atoms with Crippen molar-refractivity contribution in [3.05, 3.63) is 76.9 Å². The molecule has 45 heavy (non-hydrogen) atoms. The predicted molar refractivity (Wildman–Crippen MR) is 166 cm³/mol. The minimum atomic E-state index is -1.24. The molecule has 238 valence electrons. The summed E-state index contributed by atoms with van der Waals surface area (Å²) in [5, 5.41) is 15.0. The number of nitrogens with one attached hydrogen (secondary N) is 4. The number of aromatic nitrogens is 3. The van der Waals surface area contributed by atoms with Gasteiger partial charge in [0, 0.05) is 19.6 Å². The average molecular weight is 616 g/mol. The number of hydrogen-bond acceptors (Lipinski definition) is 7. The van der Waals surface area contributed by atoms with E-state index in [0.29, 0.717) is 38.4 Å². The highest BCUT2D eigenvalue weighted by Gasteiger charge is 2.32. The van der Waals surface area contributed by atoms with E-state index < -0.39 is 23.9 Å². The lowest BCUT2D eigenvalue weighted by atomic mass is 9.94. The first kappa shape index (κ1) is 31.7. The zero-order valence-corrected chi connectivity index (χ0v) is 25.8. The van der Waals surface area contributed by atoms with Gasteiger partial charge in [-0.15, -0.1) is 5.10 Å². The van der Waals surface area contributed by atoms with E-state index in [0.717, 1.165) is 41.7 Å². The third-order valence-corrected chi connectivity index (χ3v) is 8.44. The highest BCUT2D eigenvalue weighted by Crippen LogP contribution is 2.23. The van der Waals surface area contributed by atoms with E-state index in [1.54, 1.807) is 11.8 Å². The fourth-order valence-corrected chi connectivity index (χ4v) is 5.78. The van der Waals surface area contributed by atoms with Gasteiger partial charge in [0.15, 0.2) is 0 Å². The van der Waals surface area contributed by atoms with Crippen LogP contribution in [0.15, 0.2) is 48.5 Å². The lowest BCUT2D eigenvalue weighted by molar-refractivity contribution is -0.137. The van der Waals surface area contributed by atoms with Crippen LogP contribution in [-0.4, -0.2) is 75.5 Å². The number of piperidine rings is 1. The number of nitrogens with zero attached hydrogens (tertiary/aromatic N) is 3. The molecule has 4 N–H and O–H groups in total. The van der Waals surface area contributed by atoms with E-state index in [1.165, 1.54) is 0 Å². The first-order valence-corrected chi connectivity index (χ1v) is 15.6. The highest BCUT2D eigenvalue weighted by atomic mass is 16.5. The molecule has 1 saturated heterocycles. The molecule has 1 unspecified atom stereocenters. The first-order chi connectivity index (χ1) is 21.7. The van der Waals surface area contributed by atoms with Gasteiger partial charge in [-0.2, -0.15) is 0 Å². The molecule has 0 radical (unpaired) electrons. The lowest BCUT2D eigenvalue weighted by Crippen LogP contribution is -2.55. The van der Waals surface area contributed by atoms with Gasteiger partial charge in [0.1, 0.15) is 23.7 Å². The molecule has 4 bridgehead atoms. The Morgan fingerprint density at radius 2 is 1.89 bits per heavy atom. The molecule has 2 aromatic carbocycles. The van der Waals surface area contributed by atoms with E-state index in [9.17, 15) is 19.2 Å². The second kappa shape index (κ2) is 14.8. The van der Waals surface area contributed by atoms with Gasteiger partial charge in [0.2, 0.25) is 23.5 Å². The molecular weight excluding hydrogens is 574 g/mol. The van der Waals surface area contributed by atoms with Crippen LogP contribution in [0, 0.1) is 19.8 Å². The van der Waals surface area contributed by atoms with Crippen LogP contribution in [0.2, 0.25) is 0 Å². The molecule has 0 saturated carbocycles. The molecule has 1 aromatic heterocycles. The van der Waals surface area contributed by atoms with Crippen molar-refractivity contribution in [3.8, 4) is 5.75 Å². The van der Waals surface area contributed by atoms with Gasteiger partial charge in [-0.05, 0) is 80.7 Å². The van der Waals surface area contributed by atoms with Gasteiger partial charge in [0.05, 0.1) is 13.0 Å². The number of aromatic amines is 1. The van der Waals surface area contributed by atoms with Crippen molar-refractivity contribution in [2.75, 3.05) is 19.7 Å². The molecule has 4 amide bonds. The van der Waals surface area contributed by atoms with Crippen LogP contribution in [0.25, 0.3) is 0 Å². The molecule has 12 heteroatoms. The molecular formula is C33H41N7O5. The Labute approximate surface area is 262 Å². The SMILES string of the molecule is Cc1nc(C(=O)N[C@H]2CC(=O)N3CCCC(CCOc4ccc(C)c(c4)CNC(=O)[C@H](CCc4ccccc4)NC2=O)C3)n[nH]1. The minimum Gasteiger partial charge on any atom is -0.494 e. The summed E-state index contributed by atoms with van der Waals surface area (Å²) < 4.78 is 6.08. The Balaban J connectivity index is 1.42. The summed E-state index contributed by atoms with van der Waals surface area (Å²) in [6, 6.07) is 13.3. The smallest absolute Gasteiger partial charge is 0.291 e. The number of hydrogen-bond donors (Lipinski definition) is 4. The number of rotatable bonds is 5. The zero-order chi connectivity index (χ0) is 31.8. The molecule has 3 aromatic rings. The third kappa shape index (κ3) is 8.68. The number of fused-ring (bicyclic) bond motifs is 4. The zero-order valence-electron chi connectivity index (χ0n) is 25.8. The Kier molecular flexibility index (Phi) is 10.4. The molecule has 2 aliphatic heterocycles. The molecule has 5 rings (SSSR count). The van der Waals surface area contributed by atoms with Crippen LogP contribution in [0.4, 0.5) is 0 Å². The maximum Gasteiger partial charge on any atom is 0.291 e. The summed E-state index contributed by atoms with van der Waals surface area (Å²) in [5.41, 5.74) is 2.93. The summed E-state index contributed by atoms with van der Waals surface area (Å²) in [6.07, 6.45) is 3.17. The first-order valence-electron chi connectivity index (χ1n) is 15.6. The third-order valence-electron chi connectivity index (χ3n) is 8.44. The van der Waals surface area contributed by atoms with Gasteiger partial charge in [-0.3, -0.25) is 24.3 Å². The van der Waals surface area contributed by atoms with Crippen LogP contribution in [0.1, 0.15) is 65.2 Å². The summed E-state index contributed by atoms with van der Waals surface area (Å²) in [4.78, 5) is 59.8. The average Bonchev–Trinajstić information content (AvgIpc) is 3.49. The molecule has 0 aliphatic carbocycles. The van der Waals surface area contributed by atoms with E-state index >= 15 is 0 Å². The second-order valence-electron chi connectivity index (χ2n) is 11.9. The number of ether oxygens (including phenoxy) is 1. The number of carbonyl (C=O) groups excluding carboxylic acids is 4. The lowest BCUT2D eigenvalue weighted by Gasteiger charge is -2.34. The molecule has 12 nitrogen and oxygen atoms in total. The number of aryl methyl sites for hydroxylation is 3. The Bertz CT molecular complexity index is 1510. The van der Waals surface area contributed by atoms with Crippen molar-refractivity contribution in [3.63, 3.8) is 0 Å². The summed E-state index contributed by atoms with van der Waals surface area (Å²) in [7, 11) is 0. The fraction of sp³-hybridized carbons (Fsp3) is 0.455. The van der Waals surface area contributed by atoms with Crippen LogP contribution in [0.3, 0.4) is 0 Å². The van der Waals surface area contributed by atoms with Crippen LogP contribution < -0.4 is 20.7 Å². The highest BCUT2D eigenvalue weighted by molar-refractivity contribution is 5.98. The number of H-pyrrole nitrogens is 1. The van der Waals surface area contributed by atoms with Crippen molar-refractivity contribution < 1.29 is 23.9 Å². The molecule has 3 heterocycles. The quantitative estimate of drug-likeness (QED) is 0.343. The van der Waals surface area contributed by atoms with Crippen molar-refractivity contribution >= 4 is 23.6 Å². The van der Waals surface area contributed by atoms with Crippen LogP contribution in [0.5, 0.6) is 5.75 Å². The van der Waals surface area contributed by atoms with E-state index in [-0.39, 0.29) is 36.5 Å². The summed E-state index contributed by atoms with van der Waals surface area (Å²) >= 11 is 0. The van der Waals surface area contributed by atoms with Crippen LogP contribution in [-0.2, 0) is 27.3 Å². The predicted octanol–water partition coefficient (Wildman–Crippen LogP) is 2.37. The van der Waals surface area contributed by atoms with Crippen molar-refractivity contribution in [2.45, 2.75) is 71.0 Å². The van der Waals surface area contributed by atoms with Gasteiger partial charge < -0.3 is 25.6 Å². The number of amides is 4. The van der Waals surface area contributed by atoms with Gasteiger partial charge in [-0.25, -0.2) is 4.98 Å². The number of carbonyl (C=O) groups is 4. The van der Waals surface area contributed by atoms with Gasteiger partial charge in [0.25, 0.3) is 5.91 Å². The maximum absolute atomic E-state index is 13.8. The molecule has 2 aliphatic rings. The Morgan fingerprint density at radius 1 is 1.07 bits per heavy atom. The monoisotopic (exact) mass is 615 g/mol. The molecule has 0 spiro atoms. The second-order valence-corrected chi connectivity index (χ2v) is 11.9. The van der Waals surface area contributed by atoms with Crippen LogP contribution >= 0.6 is 0 Å². The maximum atomic E-state index is 13.8. The van der Waals surface area contributed by atoms with Crippen molar-refractivity contribution in [2.24, 2.45) is 5.92 Å². The summed E-state index contributed by atoms with van der Waals surface area (Å²) in [6.45, 7) is 5.50. The Morgan fingerprint density at radius 3 is 2.67 bits per heavy atom. The van der Waals surface area contributed by atoms with Gasteiger partial charge >= 0.3 is 0 Å². The largest absolute Gasteiger partial charge is 0.494 e.